The number of carbonyl (C=O) groups is 1. The van der Waals surface area contributed by atoms with Crippen molar-refractivity contribution in [3.63, 3.8) is 0 Å². The van der Waals surface area contributed by atoms with E-state index in [4.69, 9.17) is 9.47 Å². The van der Waals surface area contributed by atoms with Crippen molar-refractivity contribution in [3.8, 4) is 11.8 Å². The molecule has 0 amide bonds. The summed E-state index contributed by atoms with van der Waals surface area (Å²) in [6.07, 6.45) is 1.61. The van der Waals surface area contributed by atoms with Crippen molar-refractivity contribution in [1.29, 1.82) is 0 Å². The molecule has 0 aromatic rings. The van der Waals surface area contributed by atoms with Crippen molar-refractivity contribution in [2.75, 3.05) is 6.79 Å². The zero-order valence-corrected chi connectivity index (χ0v) is 10.5. The Balaban J connectivity index is 2.74. The lowest BCUT2D eigenvalue weighted by atomic mass is 9.91. The molecule has 0 saturated carbocycles. The van der Waals surface area contributed by atoms with E-state index in [0.717, 1.165) is 0 Å². The molecule has 0 atom stereocenters. The molecular formula is C13H18O3. The molecular weight excluding hydrogens is 204 g/mol. The molecule has 0 radical (unpaired) electrons. The summed E-state index contributed by atoms with van der Waals surface area (Å²) in [5, 5.41) is 0. The number of carbonyl (C=O) groups excluding carboxylic acids is 1. The Morgan fingerprint density at radius 2 is 2.06 bits per heavy atom. The van der Waals surface area contributed by atoms with Gasteiger partial charge >= 0.3 is 0 Å². The second kappa shape index (κ2) is 4.31. The van der Waals surface area contributed by atoms with Gasteiger partial charge in [0.25, 0.3) is 0 Å². The summed E-state index contributed by atoms with van der Waals surface area (Å²) in [6.45, 7) is 9.58. The standard InChI is InChI=1S/C13H18O3/c1-12(2,3)10(14)7-6-8-11-13(4,5)16-9-15-11/h8H,9H2,1-5H3/b11-8-. The van der Waals surface area contributed by atoms with Crippen LogP contribution in [0.3, 0.4) is 0 Å². The molecule has 3 heteroatoms. The van der Waals surface area contributed by atoms with Gasteiger partial charge in [0.1, 0.15) is 11.4 Å². The van der Waals surface area contributed by atoms with E-state index in [2.05, 4.69) is 11.8 Å². The number of ketones is 1. The average molecular weight is 222 g/mol. The predicted molar refractivity (Wildman–Crippen MR) is 61.4 cm³/mol. The lowest BCUT2D eigenvalue weighted by Crippen LogP contribution is -2.19. The van der Waals surface area contributed by atoms with E-state index in [9.17, 15) is 4.79 Å². The Labute approximate surface area is 96.8 Å². The monoisotopic (exact) mass is 222 g/mol. The highest BCUT2D eigenvalue weighted by atomic mass is 16.7. The van der Waals surface area contributed by atoms with E-state index < -0.39 is 11.0 Å². The smallest absolute Gasteiger partial charge is 0.211 e. The maximum atomic E-state index is 11.5. The number of hydrogen-bond donors (Lipinski definition) is 0. The molecule has 0 spiro atoms. The van der Waals surface area contributed by atoms with Crippen LogP contribution in [0, 0.1) is 17.3 Å². The van der Waals surface area contributed by atoms with Crippen molar-refractivity contribution < 1.29 is 14.3 Å². The summed E-state index contributed by atoms with van der Waals surface area (Å²) < 4.78 is 10.6. The van der Waals surface area contributed by atoms with Crippen molar-refractivity contribution in [2.45, 2.75) is 40.2 Å². The summed E-state index contributed by atoms with van der Waals surface area (Å²) in [6, 6.07) is 0. The van der Waals surface area contributed by atoms with Crippen LogP contribution in [0.2, 0.25) is 0 Å². The topological polar surface area (TPSA) is 35.5 Å². The van der Waals surface area contributed by atoms with E-state index in [0.29, 0.717) is 5.76 Å². The Bertz CT molecular complexity index is 372. The van der Waals surface area contributed by atoms with E-state index in [1.54, 1.807) is 6.08 Å². The lowest BCUT2D eigenvalue weighted by Gasteiger charge is -2.13. The van der Waals surface area contributed by atoms with E-state index in [-0.39, 0.29) is 12.6 Å². The molecule has 1 saturated heterocycles. The quantitative estimate of drug-likeness (QED) is 0.466. The van der Waals surface area contributed by atoms with Crippen LogP contribution < -0.4 is 0 Å². The average Bonchev–Trinajstić information content (AvgIpc) is 2.44. The van der Waals surface area contributed by atoms with Crippen molar-refractivity contribution in [3.05, 3.63) is 11.8 Å². The van der Waals surface area contributed by atoms with Crippen molar-refractivity contribution in [2.24, 2.45) is 5.41 Å². The van der Waals surface area contributed by atoms with E-state index in [1.165, 1.54) is 0 Å². The van der Waals surface area contributed by atoms with Crippen LogP contribution in [0.4, 0.5) is 0 Å². The Morgan fingerprint density at radius 3 is 2.50 bits per heavy atom. The molecule has 1 fully saturated rings. The molecule has 0 aliphatic carbocycles. The van der Waals surface area contributed by atoms with Crippen molar-refractivity contribution in [1.82, 2.24) is 0 Å². The molecule has 0 aromatic heterocycles. The third kappa shape index (κ3) is 3.11. The van der Waals surface area contributed by atoms with Gasteiger partial charge in [-0.25, -0.2) is 0 Å². The first-order chi connectivity index (χ1) is 7.23. The highest BCUT2D eigenvalue weighted by Crippen LogP contribution is 2.27. The Hall–Kier alpha value is -1.27. The maximum Gasteiger partial charge on any atom is 0.211 e. The van der Waals surface area contributed by atoms with E-state index in [1.807, 2.05) is 34.6 Å². The number of hydrogen-bond acceptors (Lipinski definition) is 3. The molecule has 1 heterocycles. The zero-order valence-electron chi connectivity index (χ0n) is 10.5. The normalized spacial score (nSPS) is 21.2. The molecule has 0 bridgehead atoms. The Morgan fingerprint density at radius 1 is 1.44 bits per heavy atom. The summed E-state index contributed by atoms with van der Waals surface area (Å²) in [7, 11) is 0. The van der Waals surface area contributed by atoms with Crippen LogP contribution in [0.1, 0.15) is 34.6 Å². The van der Waals surface area contributed by atoms with Gasteiger partial charge in [0.05, 0.1) is 0 Å². The molecule has 0 aromatic carbocycles. The molecule has 88 valence electrons. The van der Waals surface area contributed by atoms with Crippen LogP contribution in [-0.4, -0.2) is 18.2 Å². The van der Waals surface area contributed by atoms with Crippen molar-refractivity contribution >= 4 is 5.78 Å². The Kier molecular flexibility index (Phi) is 3.44. The maximum absolute atomic E-state index is 11.5. The van der Waals surface area contributed by atoms with Gasteiger partial charge < -0.3 is 9.47 Å². The van der Waals surface area contributed by atoms with Gasteiger partial charge in [-0.15, -0.1) is 0 Å². The predicted octanol–water partition coefficient (Wildman–Crippen LogP) is 2.27. The number of rotatable bonds is 0. The lowest BCUT2D eigenvalue weighted by molar-refractivity contribution is -0.120. The van der Waals surface area contributed by atoms with Crippen LogP contribution in [0.5, 0.6) is 0 Å². The molecule has 3 nitrogen and oxygen atoms in total. The van der Waals surface area contributed by atoms with Gasteiger partial charge in [0.15, 0.2) is 6.79 Å². The minimum absolute atomic E-state index is 0.0823. The number of ether oxygens (including phenoxy) is 2. The van der Waals surface area contributed by atoms with Crippen LogP contribution in [0.25, 0.3) is 0 Å². The largest absolute Gasteiger partial charge is 0.468 e. The summed E-state index contributed by atoms with van der Waals surface area (Å²) in [4.78, 5) is 11.5. The highest BCUT2D eigenvalue weighted by molar-refractivity contribution is 5.99. The molecule has 1 aliphatic rings. The molecule has 0 N–H and O–H groups in total. The first-order valence-electron chi connectivity index (χ1n) is 5.27. The molecule has 1 aliphatic heterocycles. The summed E-state index contributed by atoms with van der Waals surface area (Å²) in [5.74, 6) is 5.89. The SMILES string of the molecule is CC(C)(C)C(=O)C#C/C=C1\OCOC1(C)C. The van der Waals surface area contributed by atoms with Gasteiger partial charge in [-0.1, -0.05) is 26.7 Å². The second-order valence-electron chi connectivity index (χ2n) is 5.27. The van der Waals surface area contributed by atoms with Crippen LogP contribution in [0.15, 0.2) is 11.8 Å². The fraction of sp³-hybridized carbons (Fsp3) is 0.615. The third-order valence-electron chi connectivity index (χ3n) is 2.30. The summed E-state index contributed by atoms with van der Waals surface area (Å²) >= 11 is 0. The molecule has 1 rings (SSSR count). The molecule has 0 unspecified atom stereocenters. The fourth-order valence-corrected chi connectivity index (χ4v) is 1.06. The van der Waals surface area contributed by atoms with Gasteiger partial charge in [0, 0.05) is 11.5 Å². The fourth-order valence-electron chi connectivity index (χ4n) is 1.06. The molecule has 16 heavy (non-hydrogen) atoms. The first kappa shape index (κ1) is 12.8. The first-order valence-corrected chi connectivity index (χ1v) is 5.27. The van der Waals surface area contributed by atoms with Gasteiger partial charge in [-0.2, -0.15) is 0 Å². The number of Topliss-reactive ketones (excluding diaryl/α,β-unsaturated/α-hetero) is 1. The minimum Gasteiger partial charge on any atom is -0.468 e. The van der Waals surface area contributed by atoms with E-state index >= 15 is 0 Å². The zero-order chi connectivity index (χ0) is 12.4. The number of allylic oxidation sites excluding steroid dienone is 1. The second-order valence-corrected chi connectivity index (χ2v) is 5.27. The minimum atomic E-state index is -0.445. The van der Waals surface area contributed by atoms with Crippen LogP contribution in [-0.2, 0) is 14.3 Å². The van der Waals surface area contributed by atoms with Gasteiger partial charge in [-0.3, -0.25) is 4.79 Å². The summed E-state index contributed by atoms with van der Waals surface area (Å²) in [5.41, 5.74) is -0.868. The van der Waals surface area contributed by atoms with Gasteiger partial charge in [-0.05, 0) is 19.8 Å². The van der Waals surface area contributed by atoms with Crippen LogP contribution >= 0.6 is 0 Å². The highest BCUT2D eigenvalue weighted by Gasteiger charge is 2.31. The van der Waals surface area contributed by atoms with Gasteiger partial charge in [0.2, 0.25) is 5.78 Å². The third-order valence-corrected chi connectivity index (χ3v) is 2.30.